The van der Waals surface area contributed by atoms with Crippen molar-refractivity contribution in [2.24, 2.45) is 0 Å². The number of benzene rings is 2. The Morgan fingerprint density at radius 3 is 2.73 bits per heavy atom. The molecule has 5 heteroatoms. The van der Waals surface area contributed by atoms with Crippen molar-refractivity contribution in [3.8, 4) is 0 Å². The Balaban J connectivity index is 1.74. The molecule has 0 saturated heterocycles. The fourth-order valence-corrected chi connectivity index (χ4v) is 3.38. The first-order valence-electron chi connectivity index (χ1n) is 6.88. The van der Waals surface area contributed by atoms with Gasteiger partial charge in [0.15, 0.2) is 0 Å². The molecule has 22 heavy (non-hydrogen) atoms. The molecular weight excluding hydrogens is 337 g/mol. The molecule has 2 aromatic carbocycles. The minimum absolute atomic E-state index is 0.0246. The second-order valence-electron chi connectivity index (χ2n) is 4.99. The maximum absolute atomic E-state index is 11.8. The Morgan fingerprint density at radius 1 is 1.18 bits per heavy atom. The number of rotatable bonds is 6. The molecule has 0 fully saturated rings. The topological polar surface area (TPSA) is 29.1 Å². The third kappa shape index (κ3) is 5.56. The number of carbonyl (C=O) groups is 1. The van der Waals surface area contributed by atoms with Crippen LogP contribution in [-0.4, -0.2) is 11.7 Å². The zero-order valence-corrected chi connectivity index (χ0v) is 14.6. The molecule has 0 heterocycles. The molecule has 0 bridgehead atoms. The van der Waals surface area contributed by atoms with Gasteiger partial charge in [0.2, 0.25) is 5.91 Å². The largest absolute Gasteiger partial charge is 0.351 e. The van der Waals surface area contributed by atoms with Crippen LogP contribution in [0.4, 0.5) is 0 Å². The quantitative estimate of drug-likeness (QED) is 0.803. The van der Waals surface area contributed by atoms with Gasteiger partial charge in [-0.3, -0.25) is 4.79 Å². The molecule has 116 valence electrons. The van der Waals surface area contributed by atoms with Crippen LogP contribution in [0.3, 0.4) is 0 Å². The van der Waals surface area contributed by atoms with Gasteiger partial charge < -0.3 is 5.32 Å². The number of hydrogen-bond donors (Lipinski definition) is 1. The van der Waals surface area contributed by atoms with Crippen molar-refractivity contribution < 1.29 is 4.79 Å². The Labute approximate surface area is 145 Å². The number of carbonyl (C=O) groups excluding carboxylic acids is 1. The SMILES string of the molecule is Cc1cccc(CNC(=O)CSCc2ccc(Cl)cc2Cl)c1. The van der Waals surface area contributed by atoms with E-state index in [-0.39, 0.29) is 5.91 Å². The fraction of sp³-hybridized carbons (Fsp3) is 0.235. The highest BCUT2D eigenvalue weighted by molar-refractivity contribution is 7.99. The van der Waals surface area contributed by atoms with E-state index < -0.39 is 0 Å². The summed E-state index contributed by atoms with van der Waals surface area (Å²) >= 11 is 13.5. The number of hydrogen-bond acceptors (Lipinski definition) is 2. The second-order valence-corrected chi connectivity index (χ2v) is 6.82. The van der Waals surface area contributed by atoms with Gasteiger partial charge in [0.1, 0.15) is 0 Å². The average Bonchev–Trinajstić information content (AvgIpc) is 2.47. The first-order chi connectivity index (χ1) is 10.5. The van der Waals surface area contributed by atoms with E-state index in [4.69, 9.17) is 23.2 Å². The van der Waals surface area contributed by atoms with Crippen molar-refractivity contribution in [1.29, 1.82) is 0 Å². The minimum Gasteiger partial charge on any atom is -0.351 e. The predicted molar refractivity (Wildman–Crippen MR) is 95.6 cm³/mol. The van der Waals surface area contributed by atoms with Gasteiger partial charge in [-0.25, -0.2) is 0 Å². The first-order valence-corrected chi connectivity index (χ1v) is 8.79. The molecule has 0 aromatic heterocycles. The zero-order valence-electron chi connectivity index (χ0n) is 12.2. The molecule has 2 nitrogen and oxygen atoms in total. The maximum atomic E-state index is 11.8. The lowest BCUT2D eigenvalue weighted by Gasteiger charge is -2.07. The van der Waals surface area contributed by atoms with Gasteiger partial charge in [0.05, 0.1) is 5.75 Å². The molecule has 0 unspecified atom stereocenters. The highest BCUT2D eigenvalue weighted by atomic mass is 35.5. The zero-order chi connectivity index (χ0) is 15.9. The van der Waals surface area contributed by atoms with Crippen molar-refractivity contribution >= 4 is 40.9 Å². The van der Waals surface area contributed by atoms with E-state index in [1.165, 1.54) is 17.3 Å². The predicted octanol–water partition coefficient (Wildman–Crippen LogP) is 4.85. The summed E-state index contributed by atoms with van der Waals surface area (Å²) in [6, 6.07) is 13.5. The summed E-state index contributed by atoms with van der Waals surface area (Å²) in [5, 5.41) is 4.18. The lowest BCUT2D eigenvalue weighted by atomic mass is 10.1. The lowest BCUT2D eigenvalue weighted by Crippen LogP contribution is -2.24. The van der Waals surface area contributed by atoms with Crippen LogP contribution in [0.5, 0.6) is 0 Å². The van der Waals surface area contributed by atoms with E-state index in [1.54, 1.807) is 12.1 Å². The average molecular weight is 354 g/mol. The van der Waals surface area contributed by atoms with Crippen LogP contribution in [0.15, 0.2) is 42.5 Å². The maximum Gasteiger partial charge on any atom is 0.230 e. The summed E-state index contributed by atoms with van der Waals surface area (Å²) in [7, 11) is 0. The van der Waals surface area contributed by atoms with E-state index in [0.717, 1.165) is 11.1 Å². The number of aryl methyl sites for hydroxylation is 1. The van der Waals surface area contributed by atoms with E-state index in [1.807, 2.05) is 31.2 Å². The third-order valence-corrected chi connectivity index (χ3v) is 4.65. The Bertz CT molecular complexity index is 661. The van der Waals surface area contributed by atoms with Gasteiger partial charge in [-0.15, -0.1) is 11.8 Å². The molecule has 0 spiro atoms. The van der Waals surface area contributed by atoms with Gasteiger partial charge in [-0.05, 0) is 30.2 Å². The molecule has 0 aliphatic rings. The monoisotopic (exact) mass is 353 g/mol. The van der Waals surface area contributed by atoms with Crippen molar-refractivity contribution in [3.05, 3.63) is 69.2 Å². The number of halogens is 2. The summed E-state index contributed by atoms with van der Waals surface area (Å²) < 4.78 is 0. The number of thioether (sulfide) groups is 1. The van der Waals surface area contributed by atoms with Crippen molar-refractivity contribution in [2.45, 2.75) is 19.2 Å². The molecule has 0 atom stereocenters. The smallest absolute Gasteiger partial charge is 0.230 e. The summed E-state index contributed by atoms with van der Waals surface area (Å²) in [6.07, 6.45) is 0. The Hall–Kier alpha value is -1.16. The molecular formula is C17H17Cl2NOS. The van der Waals surface area contributed by atoms with Gasteiger partial charge in [-0.1, -0.05) is 59.1 Å². The molecule has 0 aliphatic carbocycles. The van der Waals surface area contributed by atoms with E-state index >= 15 is 0 Å². The summed E-state index contributed by atoms with van der Waals surface area (Å²) in [4.78, 5) is 11.8. The standard InChI is InChI=1S/C17H17Cl2NOS/c1-12-3-2-4-13(7-12)9-20-17(21)11-22-10-14-5-6-15(18)8-16(14)19/h2-8H,9-11H2,1H3,(H,20,21). The van der Waals surface area contributed by atoms with Crippen LogP contribution in [0.25, 0.3) is 0 Å². The van der Waals surface area contributed by atoms with Crippen LogP contribution in [0.1, 0.15) is 16.7 Å². The Kier molecular flexibility index (Phi) is 6.62. The van der Waals surface area contributed by atoms with Crippen LogP contribution in [0, 0.1) is 6.92 Å². The van der Waals surface area contributed by atoms with Crippen LogP contribution in [0.2, 0.25) is 10.0 Å². The van der Waals surface area contributed by atoms with E-state index in [9.17, 15) is 4.79 Å². The molecule has 2 rings (SSSR count). The fourth-order valence-electron chi connectivity index (χ4n) is 1.97. The Morgan fingerprint density at radius 2 is 2.00 bits per heavy atom. The molecule has 1 N–H and O–H groups in total. The van der Waals surface area contributed by atoms with E-state index in [0.29, 0.717) is 28.1 Å². The number of nitrogens with one attached hydrogen (secondary N) is 1. The van der Waals surface area contributed by atoms with Crippen LogP contribution >= 0.6 is 35.0 Å². The number of amides is 1. The molecule has 2 aromatic rings. The van der Waals surface area contributed by atoms with Gasteiger partial charge in [0, 0.05) is 22.3 Å². The van der Waals surface area contributed by atoms with E-state index in [2.05, 4.69) is 11.4 Å². The summed E-state index contributed by atoms with van der Waals surface area (Å²) in [6.45, 7) is 2.60. The lowest BCUT2D eigenvalue weighted by molar-refractivity contribution is -0.118. The van der Waals surface area contributed by atoms with Crippen molar-refractivity contribution in [2.75, 3.05) is 5.75 Å². The molecule has 0 aliphatic heterocycles. The van der Waals surface area contributed by atoms with Crippen LogP contribution < -0.4 is 5.32 Å². The summed E-state index contributed by atoms with van der Waals surface area (Å²) in [5.74, 6) is 1.12. The second kappa shape index (κ2) is 8.47. The normalized spacial score (nSPS) is 10.5. The van der Waals surface area contributed by atoms with Crippen LogP contribution in [-0.2, 0) is 17.1 Å². The van der Waals surface area contributed by atoms with Gasteiger partial charge >= 0.3 is 0 Å². The van der Waals surface area contributed by atoms with Gasteiger partial charge in [0.25, 0.3) is 0 Å². The molecule has 0 radical (unpaired) electrons. The van der Waals surface area contributed by atoms with Gasteiger partial charge in [-0.2, -0.15) is 0 Å². The van der Waals surface area contributed by atoms with Crippen molar-refractivity contribution in [1.82, 2.24) is 5.32 Å². The summed E-state index contributed by atoms with van der Waals surface area (Å²) in [5.41, 5.74) is 3.29. The molecule has 1 amide bonds. The van der Waals surface area contributed by atoms with Crippen molar-refractivity contribution in [3.63, 3.8) is 0 Å². The first kappa shape index (κ1) is 17.2. The highest BCUT2D eigenvalue weighted by Crippen LogP contribution is 2.24. The molecule has 0 saturated carbocycles. The minimum atomic E-state index is 0.0246. The third-order valence-electron chi connectivity index (χ3n) is 3.08. The highest BCUT2D eigenvalue weighted by Gasteiger charge is 2.05.